The summed E-state index contributed by atoms with van der Waals surface area (Å²) in [6.45, 7) is 7.81. The Hall–Kier alpha value is -2.13. The van der Waals surface area contributed by atoms with Gasteiger partial charge in [0, 0.05) is 54.1 Å². The normalized spacial score (nSPS) is 28.2. The van der Waals surface area contributed by atoms with Gasteiger partial charge in [0.2, 0.25) is 0 Å². The standard InChI is InChI=1S/C24H32F3N5O/c1-14(2)32-21(19-10-15-3-4-18(19)22(15)31-5-7-33-8-6-31)11-20(30-32)17-9-16(12-24(25,26)27)23(28)29-13-17/h9,11,13-15,18-19,22H,3-8,10,12H2,1-2H3,(H2,28,29)/t15?,18?,19?,22-/m0/s1. The lowest BCUT2D eigenvalue weighted by Crippen LogP contribution is -2.46. The number of pyridine rings is 1. The zero-order valence-electron chi connectivity index (χ0n) is 19.2. The maximum Gasteiger partial charge on any atom is 0.393 e. The number of hydrogen-bond donors (Lipinski definition) is 1. The van der Waals surface area contributed by atoms with Gasteiger partial charge < -0.3 is 10.5 Å². The number of alkyl halides is 3. The Morgan fingerprint density at radius 2 is 1.94 bits per heavy atom. The van der Waals surface area contributed by atoms with Crippen molar-refractivity contribution in [1.82, 2.24) is 19.7 Å². The first-order valence-corrected chi connectivity index (χ1v) is 11.9. The Morgan fingerprint density at radius 1 is 1.18 bits per heavy atom. The predicted octanol–water partition coefficient (Wildman–Crippen LogP) is 4.43. The lowest BCUT2D eigenvalue weighted by molar-refractivity contribution is -0.127. The van der Waals surface area contributed by atoms with Crippen molar-refractivity contribution < 1.29 is 17.9 Å². The topological polar surface area (TPSA) is 69.2 Å². The molecule has 180 valence electrons. The monoisotopic (exact) mass is 463 g/mol. The SMILES string of the molecule is CC(C)n1nc(-c2cnc(N)c(CC(F)(F)F)c2)cc1C1CC2CCC1[C@H]2N1CCOCC1. The second-order valence-electron chi connectivity index (χ2n) is 10.0. The summed E-state index contributed by atoms with van der Waals surface area (Å²) in [6, 6.07) is 4.32. The summed E-state index contributed by atoms with van der Waals surface area (Å²) in [5, 5.41) is 4.83. The van der Waals surface area contributed by atoms with Crippen molar-refractivity contribution in [2.24, 2.45) is 11.8 Å². The second-order valence-corrected chi connectivity index (χ2v) is 10.0. The van der Waals surface area contributed by atoms with E-state index in [0.29, 0.717) is 35.1 Å². The van der Waals surface area contributed by atoms with Crippen LogP contribution in [0.5, 0.6) is 0 Å². The fourth-order valence-electron chi connectivity index (χ4n) is 6.34. The first-order chi connectivity index (χ1) is 15.7. The Morgan fingerprint density at radius 3 is 2.64 bits per heavy atom. The molecule has 6 nitrogen and oxygen atoms in total. The number of rotatable bonds is 5. The summed E-state index contributed by atoms with van der Waals surface area (Å²) in [7, 11) is 0. The lowest BCUT2D eigenvalue weighted by Gasteiger charge is -2.35. The number of morpholine rings is 1. The van der Waals surface area contributed by atoms with Crippen LogP contribution >= 0.6 is 0 Å². The molecular weight excluding hydrogens is 431 g/mol. The summed E-state index contributed by atoms with van der Waals surface area (Å²) in [4.78, 5) is 6.66. The van der Waals surface area contributed by atoms with Crippen molar-refractivity contribution in [2.75, 3.05) is 32.0 Å². The van der Waals surface area contributed by atoms with Crippen LogP contribution in [0.2, 0.25) is 0 Å². The highest BCUT2D eigenvalue weighted by molar-refractivity contribution is 5.62. The van der Waals surface area contributed by atoms with Crippen LogP contribution in [0.3, 0.4) is 0 Å². The molecule has 9 heteroatoms. The largest absolute Gasteiger partial charge is 0.393 e. The maximum atomic E-state index is 13.0. The van der Waals surface area contributed by atoms with Crippen LogP contribution in [0.4, 0.5) is 19.0 Å². The molecule has 3 aliphatic rings. The highest BCUT2D eigenvalue weighted by Gasteiger charge is 2.51. The number of nitrogen functional groups attached to an aromatic ring is 1. The van der Waals surface area contributed by atoms with Crippen LogP contribution in [0.25, 0.3) is 11.3 Å². The molecule has 5 rings (SSSR count). The molecule has 4 atom stereocenters. The van der Waals surface area contributed by atoms with Crippen LogP contribution in [0.1, 0.15) is 56.3 Å². The molecule has 3 unspecified atom stereocenters. The summed E-state index contributed by atoms with van der Waals surface area (Å²) < 4.78 is 46.6. The molecule has 2 bridgehead atoms. The van der Waals surface area contributed by atoms with E-state index in [4.69, 9.17) is 15.6 Å². The Kier molecular flexibility index (Phi) is 5.89. The van der Waals surface area contributed by atoms with Gasteiger partial charge in [-0.25, -0.2) is 4.98 Å². The molecule has 33 heavy (non-hydrogen) atoms. The van der Waals surface area contributed by atoms with Crippen LogP contribution in [0, 0.1) is 11.8 Å². The average molecular weight is 464 g/mol. The van der Waals surface area contributed by atoms with Gasteiger partial charge in [-0.15, -0.1) is 0 Å². The van der Waals surface area contributed by atoms with Crippen LogP contribution < -0.4 is 5.73 Å². The minimum atomic E-state index is -4.34. The molecule has 0 radical (unpaired) electrons. The highest BCUT2D eigenvalue weighted by Crippen LogP contribution is 2.55. The molecule has 0 amide bonds. The number of nitrogens with two attached hydrogens (primary N) is 1. The number of fused-ring (bicyclic) bond motifs is 2. The van der Waals surface area contributed by atoms with E-state index in [1.807, 2.05) is 0 Å². The van der Waals surface area contributed by atoms with Gasteiger partial charge in [0.25, 0.3) is 0 Å². The van der Waals surface area contributed by atoms with Gasteiger partial charge in [0.15, 0.2) is 0 Å². The molecule has 3 fully saturated rings. The van der Waals surface area contributed by atoms with E-state index in [1.165, 1.54) is 30.8 Å². The number of ether oxygens (including phenoxy) is 1. The van der Waals surface area contributed by atoms with E-state index in [0.717, 1.165) is 32.7 Å². The minimum absolute atomic E-state index is 0.00653. The van der Waals surface area contributed by atoms with Crippen LogP contribution in [-0.4, -0.2) is 58.2 Å². The van der Waals surface area contributed by atoms with Gasteiger partial charge in [-0.1, -0.05) is 0 Å². The quantitative estimate of drug-likeness (QED) is 0.711. The Bertz CT molecular complexity index is 998. The molecule has 0 aromatic carbocycles. The number of nitrogens with zero attached hydrogens (tertiary/aromatic N) is 4. The van der Waals surface area contributed by atoms with E-state index in [-0.39, 0.29) is 17.4 Å². The van der Waals surface area contributed by atoms with Crippen molar-refractivity contribution >= 4 is 5.82 Å². The lowest BCUT2D eigenvalue weighted by atomic mass is 9.85. The molecule has 2 saturated carbocycles. The van der Waals surface area contributed by atoms with Gasteiger partial charge in [-0.3, -0.25) is 9.58 Å². The van der Waals surface area contributed by atoms with E-state index in [2.05, 4.69) is 34.5 Å². The van der Waals surface area contributed by atoms with E-state index < -0.39 is 12.6 Å². The molecule has 3 heterocycles. The number of halogens is 3. The van der Waals surface area contributed by atoms with E-state index in [1.54, 1.807) is 0 Å². The summed E-state index contributed by atoms with van der Waals surface area (Å²) in [6.07, 6.45) is -0.268. The van der Waals surface area contributed by atoms with Crippen molar-refractivity contribution in [3.05, 3.63) is 29.6 Å². The van der Waals surface area contributed by atoms with Crippen molar-refractivity contribution in [2.45, 2.75) is 63.7 Å². The second kappa shape index (κ2) is 8.58. The minimum Gasteiger partial charge on any atom is -0.383 e. The van der Waals surface area contributed by atoms with Gasteiger partial charge in [-0.05, 0) is 57.1 Å². The Labute approximate surface area is 192 Å². The third kappa shape index (κ3) is 4.37. The van der Waals surface area contributed by atoms with Crippen molar-refractivity contribution in [1.29, 1.82) is 0 Å². The molecule has 1 saturated heterocycles. The zero-order valence-corrected chi connectivity index (χ0v) is 19.2. The number of hydrogen-bond acceptors (Lipinski definition) is 5. The Balaban J connectivity index is 1.46. The first-order valence-electron chi connectivity index (χ1n) is 11.9. The average Bonchev–Trinajstić information content (AvgIpc) is 3.47. The third-order valence-electron chi connectivity index (χ3n) is 7.66. The number of anilines is 1. The third-order valence-corrected chi connectivity index (χ3v) is 7.66. The molecule has 0 spiro atoms. The molecule has 2 aliphatic carbocycles. The molecule has 2 aromatic heterocycles. The van der Waals surface area contributed by atoms with Gasteiger partial charge >= 0.3 is 6.18 Å². The molecule has 1 aliphatic heterocycles. The van der Waals surface area contributed by atoms with Gasteiger partial charge in [0.1, 0.15) is 5.82 Å². The summed E-state index contributed by atoms with van der Waals surface area (Å²) >= 11 is 0. The van der Waals surface area contributed by atoms with E-state index >= 15 is 0 Å². The first kappa shape index (κ1) is 22.7. The zero-order chi connectivity index (χ0) is 23.3. The number of aromatic nitrogens is 3. The van der Waals surface area contributed by atoms with Crippen molar-refractivity contribution in [3.8, 4) is 11.3 Å². The fraction of sp³-hybridized carbons (Fsp3) is 0.667. The van der Waals surface area contributed by atoms with Gasteiger partial charge in [-0.2, -0.15) is 18.3 Å². The molecular formula is C24H32F3N5O. The van der Waals surface area contributed by atoms with Crippen molar-refractivity contribution in [3.63, 3.8) is 0 Å². The maximum absolute atomic E-state index is 13.0. The molecule has 2 N–H and O–H groups in total. The predicted molar refractivity (Wildman–Crippen MR) is 120 cm³/mol. The summed E-state index contributed by atoms with van der Waals surface area (Å²) in [5.41, 5.74) is 8.17. The van der Waals surface area contributed by atoms with Gasteiger partial charge in [0.05, 0.1) is 25.3 Å². The van der Waals surface area contributed by atoms with Crippen LogP contribution in [-0.2, 0) is 11.2 Å². The fourth-order valence-corrected chi connectivity index (χ4v) is 6.34. The van der Waals surface area contributed by atoms with Crippen LogP contribution in [0.15, 0.2) is 18.3 Å². The van der Waals surface area contributed by atoms with E-state index in [9.17, 15) is 13.2 Å². The summed E-state index contributed by atoms with van der Waals surface area (Å²) in [5.74, 6) is 1.60. The smallest absolute Gasteiger partial charge is 0.383 e. The molecule has 2 aromatic rings. The highest BCUT2D eigenvalue weighted by atomic mass is 19.4.